The second-order valence-electron chi connectivity index (χ2n) is 8.32. The minimum Gasteiger partial charge on any atom is -0.500 e. The molecule has 1 saturated heterocycles. The largest absolute Gasteiger partial charge is 0.500 e. The maximum atomic E-state index is 12.1. The van der Waals surface area contributed by atoms with Crippen molar-refractivity contribution in [1.29, 1.82) is 0 Å². The van der Waals surface area contributed by atoms with Crippen molar-refractivity contribution in [3.05, 3.63) is 51.7 Å². The fourth-order valence-corrected chi connectivity index (χ4v) is 4.32. The van der Waals surface area contributed by atoms with E-state index in [0.717, 1.165) is 55.2 Å². The number of pyridine rings is 1. The SMILES string of the molecule is COC1=CC(c2cc(C)c(=O)n(C)c2)=CC(OC)C1(C)CN1CCN(C)CC1. The molecule has 2 heterocycles. The van der Waals surface area contributed by atoms with Crippen molar-refractivity contribution in [1.82, 2.24) is 14.4 Å². The van der Waals surface area contributed by atoms with Gasteiger partial charge in [-0.1, -0.05) is 0 Å². The van der Waals surface area contributed by atoms with E-state index >= 15 is 0 Å². The first-order valence-corrected chi connectivity index (χ1v) is 9.88. The lowest BCUT2D eigenvalue weighted by atomic mass is 9.75. The number of nitrogens with zero attached hydrogens (tertiary/aromatic N) is 3. The van der Waals surface area contributed by atoms with Gasteiger partial charge in [0.1, 0.15) is 5.76 Å². The Labute approximate surface area is 168 Å². The molecule has 0 radical (unpaired) electrons. The van der Waals surface area contributed by atoms with E-state index in [0.29, 0.717) is 0 Å². The van der Waals surface area contributed by atoms with Crippen molar-refractivity contribution in [2.75, 3.05) is 54.0 Å². The van der Waals surface area contributed by atoms with Crippen LogP contribution in [0.3, 0.4) is 0 Å². The van der Waals surface area contributed by atoms with Gasteiger partial charge in [0.15, 0.2) is 0 Å². The monoisotopic (exact) mass is 387 g/mol. The number of hydrogen-bond acceptors (Lipinski definition) is 5. The highest BCUT2D eigenvalue weighted by atomic mass is 16.5. The molecule has 28 heavy (non-hydrogen) atoms. The fraction of sp³-hybridized carbons (Fsp3) is 0.591. The zero-order valence-corrected chi connectivity index (χ0v) is 18.0. The number of ether oxygens (including phenoxy) is 2. The lowest BCUT2D eigenvalue weighted by Gasteiger charge is -2.44. The summed E-state index contributed by atoms with van der Waals surface area (Å²) in [5, 5.41) is 0. The maximum absolute atomic E-state index is 12.1. The minimum absolute atomic E-state index is 0.0271. The van der Waals surface area contributed by atoms with E-state index in [1.54, 1.807) is 25.8 Å². The summed E-state index contributed by atoms with van der Waals surface area (Å²) in [6.45, 7) is 9.22. The van der Waals surface area contributed by atoms with Gasteiger partial charge in [0.25, 0.3) is 5.56 Å². The number of allylic oxidation sites excluding steroid dienone is 2. The minimum atomic E-state index is -0.265. The average molecular weight is 388 g/mol. The molecule has 2 atom stereocenters. The van der Waals surface area contributed by atoms with Gasteiger partial charge in [-0.2, -0.15) is 0 Å². The molecule has 0 spiro atoms. The Morgan fingerprint density at radius 1 is 1.18 bits per heavy atom. The van der Waals surface area contributed by atoms with Crippen LogP contribution in [0.2, 0.25) is 0 Å². The van der Waals surface area contributed by atoms with Gasteiger partial charge < -0.3 is 18.9 Å². The van der Waals surface area contributed by atoms with E-state index in [4.69, 9.17) is 9.47 Å². The van der Waals surface area contributed by atoms with Crippen LogP contribution in [0.1, 0.15) is 18.1 Å². The van der Waals surface area contributed by atoms with Crippen LogP contribution in [0.5, 0.6) is 0 Å². The first kappa shape index (κ1) is 20.8. The fourth-order valence-electron chi connectivity index (χ4n) is 4.32. The smallest absolute Gasteiger partial charge is 0.253 e. The molecule has 6 nitrogen and oxygen atoms in total. The van der Waals surface area contributed by atoms with Crippen LogP contribution in [0.15, 0.2) is 35.0 Å². The Kier molecular flexibility index (Phi) is 6.12. The molecule has 0 bridgehead atoms. The normalized spacial score (nSPS) is 26.7. The molecule has 6 heteroatoms. The highest BCUT2D eigenvalue weighted by Crippen LogP contribution is 2.41. The van der Waals surface area contributed by atoms with E-state index in [2.05, 4.69) is 35.9 Å². The van der Waals surface area contributed by atoms with Gasteiger partial charge in [0, 0.05) is 58.6 Å². The molecular weight excluding hydrogens is 354 g/mol. The van der Waals surface area contributed by atoms with Gasteiger partial charge in [-0.25, -0.2) is 0 Å². The standard InChI is InChI=1S/C22H33N3O3/c1-16-11-18(14-24(4)21(16)26)17-12-19(27-5)22(2,20(13-17)28-6)15-25-9-7-23(3)8-10-25/h11-14,19H,7-10,15H2,1-6H3. The summed E-state index contributed by atoms with van der Waals surface area (Å²) in [5.74, 6) is 0.919. The molecule has 0 amide bonds. The molecule has 3 rings (SSSR count). The zero-order chi connectivity index (χ0) is 20.5. The van der Waals surface area contributed by atoms with Crippen LogP contribution in [-0.2, 0) is 16.5 Å². The molecule has 1 aromatic rings. The molecule has 1 aromatic heterocycles. The Morgan fingerprint density at radius 2 is 1.86 bits per heavy atom. The molecular formula is C22H33N3O3. The number of likely N-dealkylation sites (N-methyl/N-ethyl adjacent to an activating group) is 1. The van der Waals surface area contributed by atoms with Crippen molar-refractivity contribution >= 4 is 5.57 Å². The zero-order valence-electron chi connectivity index (χ0n) is 18.0. The number of aryl methyl sites for hydroxylation is 2. The number of piperazine rings is 1. The van der Waals surface area contributed by atoms with Crippen molar-refractivity contribution < 1.29 is 9.47 Å². The van der Waals surface area contributed by atoms with Gasteiger partial charge in [-0.3, -0.25) is 9.69 Å². The van der Waals surface area contributed by atoms with Crippen LogP contribution in [0.4, 0.5) is 0 Å². The van der Waals surface area contributed by atoms with Crippen molar-refractivity contribution in [3.63, 3.8) is 0 Å². The van der Waals surface area contributed by atoms with Crippen LogP contribution < -0.4 is 5.56 Å². The third-order valence-electron chi connectivity index (χ3n) is 6.13. The second-order valence-corrected chi connectivity index (χ2v) is 8.32. The molecule has 2 unspecified atom stereocenters. The molecule has 0 aromatic carbocycles. The van der Waals surface area contributed by atoms with E-state index in [9.17, 15) is 4.79 Å². The third kappa shape index (κ3) is 3.95. The molecule has 0 saturated carbocycles. The number of rotatable bonds is 5. The summed E-state index contributed by atoms with van der Waals surface area (Å²) in [7, 11) is 7.44. The van der Waals surface area contributed by atoms with Gasteiger partial charge in [0.05, 0.1) is 18.6 Å². The molecule has 1 aliphatic heterocycles. The maximum Gasteiger partial charge on any atom is 0.253 e. The highest BCUT2D eigenvalue weighted by Gasteiger charge is 2.43. The van der Waals surface area contributed by atoms with Crippen LogP contribution in [0.25, 0.3) is 5.57 Å². The van der Waals surface area contributed by atoms with Gasteiger partial charge >= 0.3 is 0 Å². The summed E-state index contributed by atoms with van der Waals surface area (Å²) in [6, 6.07) is 1.94. The second kappa shape index (κ2) is 8.23. The Morgan fingerprint density at radius 3 is 2.43 bits per heavy atom. The van der Waals surface area contributed by atoms with E-state index in [1.807, 2.05) is 19.2 Å². The summed E-state index contributed by atoms with van der Waals surface area (Å²) in [6.07, 6.45) is 6.03. The molecule has 1 fully saturated rings. The predicted octanol–water partition coefficient (Wildman–Crippen LogP) is 1.89. The lowest BCUT2D eigenvalue weighted by Crippen LogP contribution is -2.52. The van der Waals surface area contributed by atoms with E-state index in [1.165, 1.54) is 0 Å². The molecule has 0 N–H and O–H groups in total. The van der Waals surface area contributed by atoms with E-state index in [-0.39, 0.29) is 17.1 Å². The van der Waals surface area contributed by atoms with Gasteiger partial charge in [-0.05, 0) is 50.3 Å². The van der Waals surface area contributed by atoms with Gasteiger partial charge in [-0.15, -0.1) is 0 Å². The first-order chi connectivity index (χ1) is 13.3. The summed E-state index contributed by atoms with van der Waals surface area (Å²) < 4.78 is 13.4. The number of methoxy groups -OCH3 is 2. The topological polar surface area (TPSA) is 46.9 Å². The number of aromatic nitrogens is 1. The number of hydrogen-bond donors (Lipinski definition) is 0. The van der Waals surface area contributed by atoms with Crippen LogP contribution in [0, 0.1) is 12.3 Å². The van der Waals surface area contributed by atoms with Gasteiger partial charge in [0.2, 0.25) is 0 Å². The average Bonchev–Trinajstić information content (AvgIpc) is 2.67. The lowest BCUT2D eigenvalue weighted by molar-refractivity contribution is -0.00965. The van der Waals surface area contributed by atoms with Crippen molar-refractivity contribution in [3.8, 4) is 0 Å². The van der Waals surface area contributed by atoms with Crippen molar-refractivity contribution in [2.45, 2.75) is 20.0 Å². The third-order valence-corrected chi connectivity index (χ3v) is 6.13. The highest BCUT2D eigenvalue weighted by molar-refractivity contribution is 5.76. The molecule has 2 aliphatic rings. The summed E-state index contributed by atoms with van der Waals surface area (Å²) >= 11 is 0. The van der Waals surface area contributed by atoms with Crippen LogP contribution >= 0.6 is 0 Å². The summed E-state index contributed by atoms with van der Waals surface area (Å²) in [5.41, 5.74) is 2.52. The van der Waals surface area contributed by atoms with Crippen molar-refractivity contribution in [2.24, 2.45) is 12.5 Å². The predicted molar refractivity (Wildman–Crippen MR) is 112 cm³/mol. The first-order valence-electron chi connectivity index (χ1n) is 9.88. The van der Waals surface area contributed by atoms with Crippen LogP contribution in [-0.4, -0.2) is 74.5 Å². The Hall–Kier alpha value is -1.89. The quantitative estimate of drug-likeness (QED) is 0.772. The summed E-state index contributed by atoms with van der Waals surface area (Å²) in [4.78, 5) is 16.9. The Balaban J connectivity index is 1.93. The molecule has 1 aliphatic carbocycles. The van der Waals surface area contributed by atoms with E-state index < -0.39 is 0 Å². The molecule has 154 valence electrons. The Bertz CT molecular complexity index is 808.